The van der Waals surface area contributed by atoms with E-state index in [1.165, 1.54) is 11.6 Å². The molecule has 4 rings (SSSR count). The number of pyridine rings is 1. The monoisotopic (exact) mass is 324 g/mol. The molecule has 0 N–H and O–H groups in total. The predicted octanol–water partition coefficient (Wildman–Crippen LogP) is 3.85. The third-order valence-corrected chi connectivity index (χ3v) is 5.43. The molecule has 2 saturated heterocycles. The summed E-state index contributed by atoms with van der Waals surface area (Å²) in [5.74, 6) is -0.597. The average molecular weight is 324 g/mol. The fourth-order valence-corrected chi connectivity index (χ4v) is 4.30. The highest BCUT2D eigenvalue weighted by Crippen LogP contribution is 2.40. The van der Waals surface area contributed by atoms with E-state index < -0.39 is 5.95 Å². The van der Waals surface area contributed by atoms with Gasteiger partial charge >= 0.3 is 0 Å². The van der Waals surface area contributed by atoms with E-state index in [0.29, 0.717) is 12.1 Å². The van der Waals surface area contributed by atoms with Crippen LogP contribution in [0.4, 0.5) is 4.39 Å². The lowest BCUT2D eigenvalue weighted by atomic mass is 9.86. The van der Waals surface area contributed by atoms with Crippen LogP contribution in [-0.4, -0.2) is 27.8 Å². The number of piperidine rings is 1. The van der Waals surface area contributed by atoms with E-state index in [0.717, 1.165) is 32.2 Å². The van der Waals surface area contributed by atoms with E-state index in [-0.39, 0.29) is 17.4 Å². The summed E-state index contributed by atoms with van der Waals surface area (Å²) in [6.45, 7) is 0.954. The van der Waals surface area contributed by atoms with Crippen LogP contribution >= 0.6 is 0 Å². The highest BCUT2D eigenvalue weighted by molar-refractivity contribution is 5.96. The molecule has 0 saturated carbocycles. The Labute approximate surface area is 141 Å². The van der Waals surface area contributed by atoms with E-state index in [4.69, 9.17) is 0 Å². The smallest absolute Gasteiger partial charge is 0.213 e. The van der Waals surface area contributed by atoms with Gasteiger partial charge in [0.25, 0.3) is 0 Å². The van der Waals surface area contributed by atoms with Crippen LogP contribution in [0.15, 0.2) is 48.5 Å². The summed E-state index contributed by atoms with van der Waals surface area (Å²) in [5, 5.41) is 0. The van der Waals surface area contributed by atoms with Gasteiger partial charge in [0.2, 0.25) is 5.95 Å². The van der Waals surface area contributed by atoms with Crippen molar-refractivity contribution in [1.82, 2.24) is 9.88 Å². The first kappa shape index (κ1) is 15.5. The molecular formula is C20H21FN2O. The SMILES string of the molecule is O=C(c1cccc(F)n1)C1CC2CCC(C1)N2Cc1ccccc1. The number of benzene rings is 1. The molecule has 3 heterocycles. The molecule has 24 heavy (non-hydrogen) atoms. The first-order valence-corrected chi connectivity index (χ1v) is 8.67. The fraction of sp³-hybridized carbons (Fsp3) is 0.400. The van der Waals surface area contributed by atoms with E-state index in [1.807, 2.05) is 6.07 Å². The summed E-state index contributed by atoms with van der Waals surface area (Å²) >= 11 is 0. The zero-order valence-corrected chi connectivity index (χ0v) is 13.6. The molecule has 2 unspecified atom stereocenters. The lowest BCUT2D eigenvalue weighted by molar-refractivity contribution is 0.0673. The Bertz CT molecular complexity index is 719. The van der Waals surface area contributed by atoms with Crippen molar-refractivity contribution in [3.8, 4) is 0 Å². The van der Waals surface area contributed by atoms with Gasteiger partial charge < -0.3 is 0 Å². The molecule has 0 spiro atoms. The molecular weight excluding hydrogens is 303 g/mol. The number of fused-ring (bicyclic) bond motifs is 2. The van der Waals surface area contributed by atoms with E-state index >= 15 is 0 Å². The summed E-state index contributed by atoms with van der Waals surface area (Å²) in [4.78, 5) is 19.0. The quantitative estimate of drug-likeness (QED) is 0.633. The van der Waals surface area contributed by atoms with Gasteiger partial charge in [0.1, 0.15) is 5.69 Å². The molecule has 1 aromatic carbocycles. The number of Topliss-reactive ketones (excluding diaryl/α,β-unsaturated/α-hetero) is 1. The van der Waals surface area contributed by atoms with Crippen molar-refractivity contribution in [2.24, 2.45) is 5.92 Å². The second kappa shape index (κ2) is 6.44. The zero-order valence-electron chi connectivity index (χ0n) is 13.6. The number of nitrogens with zero attached hydrogens (tertiary/aromatic N) is 2. The van der Waals surface area contributed by atoms with Gasteiger partial charge in [0, 0.05) is 24.5 Å². The molecule has 0 radical (unpaired) electrons. The molecule has 2 atom stereocenters. The number of hydrogen-bond acceptors (Lipinski definition) is 3. The largest absolute Gasteiger partial charge is 0.293 e. The Morgan fingerprint density at radius 2 is 1.75 bits per heavy atom. The van der Waals surface area contributed by atoms with Crippen LogP contribution < -0.4 is 0 Å². The predicted molar refractivity (Wildman–Crippen MR) is 90.0 cm³/mol. The van der Waals surface area contributed by atoms with Crippen LogP contribution in [0, 0.1) is 11.9 Å². The maximum absolute atomic E-state index is 13.3. The lowest BCUT2D eigenvalue weighted by Gasteiger charge is -2.38. The van der Waals surface area contributed by atoms with E-state index in [1.54, 1.807) is 12.1 Å². The van der Waals surface area contributed by atoms with Gasteiger partial charge in [-0.3, -0.25) is 9.69 Å². The number of aromatic nitrogens is 1. The van der Waals surface area contributed by atoms with Crippen LogP contribution in [0.5, 0.6) is 0 Å². The zero-order chi connectivity index (χ0) is 16.5. The Kier molecular flexibility index (Phi) is 4.15. The number of carbonyl (C=O) groups is 1. The van der Waals surface area contributed by atoms with Gasteiger partial charge in [-0.05, 0) is 43.4 Å². The summed E-state index contributed by atoms with van der Waals surface area (Å²) in [6.07, 6.45) is 4.02. The number of hydrogen-bond donors (Lipinski definition) is 0. The number of halogens is 1. The van der Waals surface area contributed by atoms with Crippen molar-refractivity contribution < 1.29 is 9.18 Å². The molecule has 2 bridgehead atoms. The first-order chi connectivity index (χ1) is 11.7. The average Bonchev–Trinajstić information content (AvgIpc) is 2.83. The molecule has 2 aliphatic heterocycles. The van der Waals surface area contributed by atoms with Crippen molar-refractivity contribution in [2.75, 3.05) is 0 Å². The third-order valence-electron chi connectivity index (χ3n) is 5.43. The maximum atomic E-state index is 13.3. The van der Waals surface area contributed by atoms with E-state index in [9.17, 15) is 9.18 Å². The third kappa shape index (κ3) is 2.98. The Hall–Kier alpha value is -2.07. The number of ketones is 1. The Morgan fingerprint density at radius 1 is 1.04 bits per heavy atom. The summed E-state index contributed by atoms with van der Waals surface area (Å²) in [5.41, 5.74) is 1.60. The Balaban J connectivity index is 1.47. The molecule has 3 nitrogen and oxygen atoms in total. The van der Waals surface area contributed by atoms with Crippen molar-refractivity contribution >= 4 is 5.78 Å². The van der Waals surface area contributed by atoms with Crippen molar-refractivity contribution in [3.63, 3.8) is 0 Å². The summed E-state index contributed by atoms with van der Waals surface area (Å²) < 4.78 is 13.3. The molecule has 1 aromatic heterocycles. The molecule has 2 fully saturated rings. The van der Waals surface area contributed by atoms with Gasteiger partial charge in [-0.15, -0.1) is 0 Å². The van der Waals surface area contributed by atoms with Crippen LogP contribution in [0.2, 0.25) is 0 Å². The molecule has 124 valence electrons. The minimum atomic E-state index is -0.578. The number of carbonyl (C=O) groups excluding carboxylic acids is 1. The minimum absolute atomic E-state index is 0.00533. The van der Waals surface area contributed by atoms with Crippen LogP contribution in [-0.2, 0) is 6.54 Å². The number of rotatable bonds is 4. The van der Waals surface area contributed by atoms with Gasteiger partial charge in [0.05, 0.1) is 0 Å². The van der Waals surface area contributed by atoms with Gasteiger partial charge in [-0.25, -0.2) is 4.98 Å². The first-order valence-electron chi connectivity index (χ1n) is 8.67. The topological polar surface area (TPSA) is 33.2 Å². The van der Waals surface area contributed by atoms with Gasteiger partial charge in [-0.1, -0.05) is 36.4 Å². The van der Waals surface area contributed by atoms with Crippen molar-refractivity contribution in [3.05, 3.63) is 65.7 Å². The summed E-state index contributed by atoms with van der Waals surface area (Å²) in [7, 11) is 0. The Morgan fingerprint density at radius 3 is 2.42 bits per heavy atom. The standard InChI is InChI=1S/C20H21FN2O/c21-19-8-4-7-18(22-19)20(24)15-11-16-9-10-17(12-15)23(16)13-14-5-2-1-3-6-14/h1-8,15-17H,9-13H2. The van der Waals surface area contributed by atoms with Crippen molar-refractivity contribution in [2.45, 2.75) is 44.3 Å². The molecule has 2 aromatic rings. The fourth-order valence-electron chi connectivity index (χ4n) is 4.30. The molecule has 0 aliphatic carbocycles. The molecule has 0 amide bonds. The maximum Gasteiger partial charge on any atom is 0.213 e. The summed E-state index contributed by atoms with van der Waals surface area (Å²) in [6, 6.07) is 15.9. The lowest BCUT2D eigenvalue weighted by Crippen LogP contribution is -2.44. The van der Waals surface area contributed by atoms with Gasteiger partial charge in [0.15, 0.2) is 5.78 Å². The second-order valence-corrected chi connectivity index (χ2v) is 6.92. The second-order valence-electron chi connectivity index (χ2n) is 6.92. The highest BCUT2D eigenvalue weighted by Gasteiger charge is 2.43. The van der Waals surface area contributed by atoms with E-state index in [2.05, 4.69) is 34.1 Å². The van der Waals surface area contributed by atoms with Crippen LogP contribution in [0.1, 0.15) is 41.7 Å². The van der Waals surface area contributed by atoms with Gasteiger partial charge in [-0.2, -0.15) is 4.39 Å². The normalized spacial score (nSPS) is 26.5. The van der Waals surface area contributed by atoms with Crippen molar-refractivity contribution in [1.29, 1.82) is 0 Å². The molecule has 2 aliphatic rings. The van der Waals surface area contributed by atoms with Crippen LogP contribution in [0.25, 0.3) is 0 Å². The van der Waals surface area contributed by atoms with Crippen LogP contribution in [0.3, 0.4) is 0 Å². The molecule has 4 heteroatoms. The minimum Gasteiger partial charge on any atom is -0.293 e. The highest BCUT2D eigenvalue weighted by atomic mass is 19.1.